The zero-order valence-corrected chi connectivity index (χ0v) is 14.7. The predicted molar refractivity (Wildman–Crippen MR) is 92.6 cm³/mol. The summed E-state index contributed by atoms with van der Waals surface area (Å²) < 4.78 is 0. The topological polar surface area (TPSA) is 41.6 Å². The molecule has 0 amide bonds. The molecule has 0 saturated carbocycles. The first-order valence-electron chi connectivity index (χ1n) is 8.22. The van der Waals surface area contributed by atoms with Gasteiger partial charge < -0.3 is 4.98 Å². The summed E-state index contributed by atoms with van der Waals surface area (Å²) in [4.78, 5) is 12.4. The number of thioether (sulfide) groups is 1. The molecule has 0 aliphatic heterocycles. The number of nitrogens with zero attached hydrogens (tertiary/aromatic N) is 2. The smallest absolute Gasteiger partial charge is 0.1000 e. The molecule has 118 valence electrons. The van der Waals surface area contributed by atoms with Crippen LogP contribution in [-0.4, -0.2) is 20.2 Å². The maximum absolute atomic E-state index is 4.71. The lowest BCUT2D eigenvalue weighted by molar-refractivity contribution is 0.470. The number of aromatic amines is 1. The second-order valence-corrected chi connectivity index (χ2v) is 8.11. The second-order valence-electron chi connectivity index (χ2n) is 6.54. The van der Waals surface area contributed by atoms with Crippen molar-refractivity contribution in [3.05, 3.63) is 41.1 Å². The summed E-state index contributed by atoms with van der Waals surface area (Å²) in [7, 11) is 0. The van der Waals surface area contributed by atoms with E-state index in [-0.39, 0.29) is 0 Å². The lowest BCUT2D eigenvalue weighted by Crippen LogP contribution is -2.18. The molecular formula is C18H25N3S. The minimum atomic E-state index is 0.456. The molecule has 2 aromatic heterocycles. The molecule has 2 aromatic rings. The van der Waals surface area contributed by atoms with Crippen molar-refractivity contribution in [1.29, 1.82) is 0 Å². The maximum atomic E-state index is 4.71. The van der Waals surface area contributed by atoms with Gasteiger partial charge in [-0.15, -0.1) is 11.8 Å². The number of pyridine rings is 1. The Balaban J connectivity index is 2.01. The number of H-pyrrole nitrogens is 1. The van der Waals surface area contributed by atoms with Crippen LogP contribution in [0.5, 0.6) is 0 Å². The third-order valence-corrected chi connectivity index (χ3v) is 5.67. The van der Waals surface area contributed by atoms with Crippen LogP contribution < -0.4 is 0 Å². The van der Waals surface area contributed by atoms with Gasteiger partial charge in [0, 0.05) is 23.1 Å². The van der Waals surface area contributed by atoms with E-state index in [4.69, 9.17) is 4.98 Å². The van der Waals surface area contributed by atoms with Crippen molar-refractivity contribution in [1.82, 2.24) is 15.0 Å². The van der Waals surface area contributed by atoms with E-state index in [2.05, 4.69) is 43.7 Å². The molecular weight excluding hydrogens is 290 g/mol. The first-order chi connectivity index (χ1) is 10.6. The molecule has 0 saturated heterocycles. The van der Waals surface area contributed by atoms with Gasteiger partial charge in [0.15, 0.2) is 0 Å². The van der Waals surface area contributed by atoms with E-state index < -0.39 is 0 Å². The number of rotatable bonds is 4. The van der Waals surface area contributed by atoms with Crippen molar-refractivity contribution in [3.8, 4) is 0 Å². The fraction of sp³-hybridized carbons (Fsp3) is 0.556. The SMILES string of the molecule is Cc1nc[nH]c1C(C)C1CCCc2ccnc(SC(C)C)c21. The van der Waals surface area contributed by atoms with Gasteiger partial charge in [-0.05, 0) is 49.3 Å². The molecule has 2 heterocycles. The molecule has 1 N–H and O–H groups in total. The average Bonchev–Trinajstić information content (AvgIpc) is 2.92. The van der Waals surface area contributed by atoms with Gasteiger partial charge in [-0.2, -0.15) is 0 Å². The standard InChI is InChI=1S/C18H25N3S/c1-11(2)22-18-16-14(8-9-19-18)6-5-7-15(16)12(3)17-13(4)20-10-21-17/h8-12,15H,5-7H2,1-4H3,(H,20,21). The van der Waals surface area contributed by atoms with Crippen molar-refractivity contribution in [2.24, 2.45) is 0 Å². The third-order valence-electron chi connectivity index (χ3n) is 4.65. The number of hydrogen-bond donors (Lipinski definition) is 1. The fourth-order valence-electron chi connectivity index (χ4n) is 3.62. The highest BCUT2D eigenvalue weighted by Gasteiger charge is 2.30. The van der Waals surface area contributed by atoms with Gasteiger partial charge in [0.1, 0.15) is 0 Å². The molecule has 22 heavy (non-hydrogen) atoms. The van der Waals surface area contributed by atoms with Crippen molar-refractivity contribution in [3.63, 3.8) is 0 Å². The van der Waals surface area contributed by atoms with E-state index in [1.54, 1.807) is 0 Å². The summed E-state index contributed by atoms with van der Waals surface area (Å²) in [5.41, 5.74) is 5.40. The molecule has 3 rings (SSSR count). The first-order valence-corrected chi connectivity index (χ1v) is 9.10. The van der Waals surface area contributed by atoms with Gasteiger partial charge in [0.25, 0.3) is 0 Å². The van der Waals surface area contributed by atoms with Gasteiger partial charge in [-0.1, -0.05) is 20.8 Å². The molecule has 0 fully saturated rings. The van der Waals surface area contributed by atoms with Crippen LogP contribution in [0.15, 0.2) is 23.6 Å². The van der Waals surface area contributed by atoms with E-state index in [1.807, 2.05) is 24.3 Å². The number of nitrogens with one attached hydrogen (secondary N) is 1. The Morgan fingerprint density at radius 3 is 2.77 bits per heavy atom. The highest BCUT2D eigenvalue weighted by atomic mass is 32.2. The third kappa shape index (κ3) is 2.94. The molecule has 0 radical (unpaired) electrons. The van der Waals surface area contributed by atoms with Crippen molar-refractivity contribution >= 4 is 11.8 Å². The normalized spacial score (nSPS) is 19.2. The monoisotopic (exact) mass is 315 g/mol. The Labute approximate surface area is 137 Å². The minimum Gasteiger partial charge on any atom is -0.348 e. The van der Waals surface area contributed by atoms with E-state index in [0.717, 1.165) is 5.69 Å². The number of aromatic nitrogens is 3. The van der Waals surface area contributed by atoms with Gasteiger partial charge in [0.05, 0.1) is 17.0 Å². The quantitative estimate of drug-likeness (QED) is 0.821. The lowest BCUT2D eigenvalue weighted by atomic mass is 9.76. The van der Waals surface area contributed by atoms with Crippen LogP contribution in [0.2, 0.25) is 0 Å². The zero-order valence-electron chi connectivity index (χ0n) is 13.9. The highest BCUT2D eigenvalue weighted by Crippen LogP contribution is 2.45. The Bertz CT molecular complexity index is 648. The van der Waals surface area contributed by atoms with Gasteiger partial charge in [-0.25, -0.2) is 9.97 Å². The fourth-order valence-corrected chi connectivity index (χ4v) is 4.59. The Kier molecular flexibility index (Phi) is 4.57. The van der Waals surface area contributed by atoms with Crippen molar-refractivity contribution in [2.45, 2.75) is 69.1 Å². The Hall–Kier alpha value is -1.29. The number of imidazole rings is 1. The van der Waals surface area contributed by atoms with Crippen LogP contribution in [0.25, 0.3) is 0 Å². The number of fused-ring (bicyclic) bond motifs is 1. The first kappa shape index (κ1) is 15.6. The van der Waals surface area contributed by atoms with Crippen LogP contribution in [0.3, 0.4) is 0 Å². The molecule has 4 heteroatoms. The van der Waals surface area contributed by atoms with Gasteiger partial charge >= 0.3 is 0 Å². The van der Waals surface area contributed by atoms with Crippen LogP contribution in [0.1, 0.15) is 68.0 Å². The van der Waals surface area contributed by atoms with E-state index >= 15 is 0 Å². The number of hydrogen-bond acceptors (Lipinski definition) is 3. The molecule has 2 unspecified atom stereocenters. The molecule has 1 aliphatic rings. The van der Waals surface area contributed by atoms with Crippen LogP contribution in [0.4, 0.5) is 0 Å². The van der Waals surface area contributed by atoms with Gasteiger partial charge in [0.2, 0.25) is 0 Å². The highest BCUT2D eigenvalue weighted by molar-refractivity contribution is 7.99. The Morgan fingerprint density at radius 1 is 1.27 bits per heavy atom. The number of aryl methyl sites for hydroxylation is 2. The van der Waals surface area contributed by atoms with Crippen LogP contribution in [-0.2, 0) is 6.42 Å². The van der Waals surface area contributed by atoms with Gasteiger partial charge in [-0.3, -0.25) is 0 Å². The molecule has 0 aromatic carbocycles. The summed E-state index contributed by atoms with van der Waals surface area (Å²) in [6.07, 6.45) is 7.50. The average molecular weight is 315 g/mol. The summed E-state index contributed by atoms with van der Waals surface area (Å²) in [5.74, 6) is 0.995. The van der Waals surface area contributed by atoms with Crippen LogP contribution in [0, 0.1) is 6.92 Å². The minimum absolute atomic E-state index is 0.456. The largest absolute Gasteiger partial charge is 0.348 e. The molecule has 0 bridgehead atoms. The van der Waals surface area contributed by atoms with E-state index in [0.29, 0.717) is 17.1 Å². The molecule has 1 aliphatic carbocycles. The molecule has 2 atom stereocenters. The lowest BCUT2D eigenvalue weighted by Gasteiger charge is -2.31. The summed E-state index contributed by atoms with van der Waals surface area (Å²) in [5, 5.41) is 1.80. The van der Waals surface area contributed by atoms with E-state index in [1.165, 1.54) is 41.1 Å². The van der Waals surface area contributed by atoms with Crippen LogP contribution >= 0.6 is 11.8 Å². The zero-order chi connectivity index (χ0) is 15.7. The molecule has 3 nitrogen and oxygen atoms in total. The summed E-state index contributed by atoms with van der Waals surface area (Å²) >= 11 is 1.90. The predicted octanol–water partition coefficient (Wildman–Crippen LogP) is 4.84. The molecule has 0 spiro atoms. The second kappa shape index (κ2) is 6.45. The van der Waals surface area contributed by atoms with E-state index in [9.17, 15) is 0 Å². The Morgan fingerprint density at radius 2 is 2.09 bits per heavy atom. The summed E-state index contributed by atoms with van der Waals surface area (Å²) in [6, 6.07) is 2.22. The van der Waals surface area contributed by atoms with Crippen molar-refractivity contribution in [2.75, 3.05) is 0 Å². The maximum Gasteiger partial charge on any atom is 0.1000 e. The summed E-state index contributed by atoms with van der Waals surface area (Å²) in [6.45, 7) is 8.91. The van der Waals surface area contributed by atoms with Crippen molar-refractivity contribution < 1.29 is 0 Å².